The number of carboxylic acid groups (broad SMARTS) is 1. The normalized spacial score (nSPS) is 17.6. The van der Waals surface area contributed by atoms with E-state index >= 15 is 0 Å². The zero-order valence-corrected chi connectivity index (χ0v) is 13.0. The lowest BCUT2D eigenvalue weighted by Crippen LogP contribution is -2.52. The van der Waals surface area contributed by atoms with Crippen molar-refractivity contribution in [3.8, 4) is 0 Å². The van der Waals surface area contributed by atoms with Crippen LogP contribution in [0.4, 0.5) is 4.79 Å². The van der Waals surface area contributed by atoms with Gasteiger partial charge >= 0.3 is 12.0 Å². The number of piperidine rings is 1. The summed E-state index contributed by atoms with van der Waals surface area (Å²) in [7, 11) is 0. The molecular weight excluding hydrogens is 274 g/mol. The maximum absolute atomic E-state index is 12.4. The minimum Gasteiger partial charge on any atom is -0.481 e. The van der Waals surface area contributed by atoms with E-state index in [0.717, 1.165) is 0 Å². The van der Waals surface area contributed by atoms with Crippen molar-refractivity contribution in [1.29, 1.82) is 0 Å². The first-order valence-corrected chi connectivity index (χ1v) is 7.21. The van der Waals surface area contributed by atoms with Crippen molar-refractivity contribution >= 4 is 17.9 Å². The highest BCUT2D eigenvalue weighted by Gasteiger charge is 2.39. The second-order valence-electron chi connectivity index (χ2n) is 6.38. The first kappa shape index (κ1) is 17.3. The Hall–Kier alpha value is -1.79. The summed E-state index contributed by atoms with van der Waals surface area (Å²) >= 11 is 0. The van der Waals surface area contributed by atoms with Crippen LogP contribution in [-0.2, 0) is 9.59 Å². The highest BCUT2D eigenvalue weighted by molar-refractivity contribution is 5.83. The standard InChI is InChI=1S/C14H25N3O4/c1-10(2)8-17(9-11(15)18)13(21)16-6-4-14(3,5-7-16)12(19)20/h10H,4-9H2,1-3H3,(H2,15,18)(H,19,20). The Morgan fingerprint density at radius 3 is 2.19 bits per heavy atom. The van der Waals surface area contributed by atoms with Crippen LogP contribution in [0.25, 0.3) is 0 Å². The Labute approximate surface area is 125 Å². The molecule has 0 bridgehead atoms. The summed E-state index contributed by atoms with van der Waals surface area (Å²) in [4.78, 5) is 37.8. The zero-order valence-electron chi connectivity index (χ0n) is 13.0. The summed E-state index contributed by atoms with van der Waals surface area (Å²) in [6.45, 7) is 6.73. The number of carbonyl (C=O) groups excluding carboxylic acids is 2. The summed E-state index contributed by atoms with van der Waals surface area (Å²) in [6.07, 6.45) is 0.834. The summed E-state index contributed by atoms with van der Waals surface area (Å²) in [6, 6.07) is -0.241. The summed E-state index contributed by atoms with van der Waals surface area (Å²) in [5, 5.41) is 9.19. The van der Waals surface area contributed by atoms with Crippen LogP contribution in [0.5, 0.6) is 0 Å². The number of hydrogen-bond acceptors (Lipinski definition) is 3. The number of likely N-dealkylation sites (tertiary alicyclic amines) is 1. The van der Waals surface area contributed by atoms with E-state index in [2.05, 4.69) is 0 Å². The fraction of sp³-hybridized carbons (Fsp3) is 0.786. The van der Waals surface area contributed by atoms with Crippen molar-refractivity contribution in [1.82, 2.24) is 9.80 Å². The molecule has 3 N–H and O–H groups in total. The fourth-order valence-electron chi connectivity index (χ4n) is 2.44. The third-order valence-electron chi connectivity index (χ3n) is 3.86. The highest BCUT2D eigenvalue weighted by atomic mass is 16.4. The van der Waals surface area contributed by atoms with Gasteiger partial charge in [-0.2, -0.15) is 0 Å². The third kappa shape index (κ3) is 4.61. The van der Waals surface area contributed by atoms with E-state index in [9.17, 15) is 19.5 Å². The number of rotatable bonds is 5. The molecule has 1 heterocycles. The van der Waals surface area contributed by atoms with Crippen molar-refractivity contribution < 1.29 is 19.5 Å². The molecule has 0 saturated carbocycles. The SMILES string of the molecule is CC(C)CN(CC(N)=O)C(=O)N1CCC(C)(C(=O)O)CC1. The molecule has 3 amide bonds. The van der Waals surface area contributed by atoms with Crippen molar-refractivity contribution in [3.05, 3.63) is 0 Å². The Balaban J connectivity index is 2.69. The van der Waals surface area contributed by atoms with Gasteiger partial charge in [0.2, 0.25) is 5.91 Å². The third-order valence-corrected chi connectivity index (χ3v) is 3.86. The molecule has 0 aromatic heterocycles. The number of urea groups is 1. The molecule has 120 valence electrons. The number of aliphatic carboxylic acids is 1. The zero-order chi connectivity index (χ0) is 16.2. The Bertz CT molecular complexity index is 414. The van der Waals surface area contributed by atoms with Crippen LogP contribution in [0, 0.1) is 11.3 Å². The molecule has 1 rings (SSSR count). The maximum atomic E-state index is 12.4. The van der Waals surface area contributed by atoms with Crippen molar-refractivity contribution in [3.63, 3.8) is 0 Å². The second-order valence-corrected chi connectivity index (χ2v) is 6.38. The Morgan fingerprint density at radius 1 is 1.29 bits per heavy atom. The molecule has 0 aliphatic carbocycles. The van der Waals surface area contributed by atoms with Crippen molar-refractivity contribution in [2.24, 2.45) is 17.1 Å². The van der Waals surface area contributed by atoms with Gasteiger partial charge in [-0.05, 0) is 25.7 Å². The smallest absolute Gasteiger partial charge is 0.320 e. The molecular formula is C14H25N3O4. The van der Waals surface area contributed by atoms with Crippen LogP contribution >= 0.6 is 0 Å². The number of hydrogen-bond donors (Lipinski definition) is 2. The number of nitrogens with two attached hydrogens (primary N) is 1. The summed E-state index contributed by atoms with van der Waals surface area (Å²) < 4.78 is 0. The fourth-order valence-corrected chi connectivity index (χ4v) is 2.44. The van der Waals surface area contributed by atoms with Crippen LogP contribution in [0.1, 0.15) is 33.6 Å². The molecule has 1 aliphatic rings. The first-order chi connectivity index (χ1) is 9.65. The molecule has 1 aliphatic heterocycles. The van der Waals surface area contributed by atoms with Crippen LogP contribution in [0.2, 0.25) is 0 Å². The van der Waals surface area contributed by atoms with Gasteiger partial charge in [0.05, 0.1) is 5.41 Å². The van der Waals surface area contributed by atoms with E-state index in [1.54, 1.807) is 11.8 Å². The number of primary amides is 1. The topological polar surface area (TPSA) is 104 Å². The van der Waals surface area contributed by atoms with E-state index in [1.165, 1.54) is 4.90 Å². The second kappa shape index (κ2) is 6.78. The van der Waals surface area contributed by atoms with Gasteiger partial charge in [0.1, 0.15) is 6.54 Å². The van der Waals surface area contributed by atoms with E-state index in [0.29, 0.717) is 32.5 Å². The molecule has 1 saturated heterocycles. The number of carboxylic acids is 1. The molecule has 0 aromatic carbocycles. The highest BCUT2D eigenvalue weighted by Crippen LogP contribution is 2.31. The lowest BCUT2D eigenvalue weighted by molar-refractivity contribution is -0.150. The summed E-state index contributed by atoms with van der Waals surface area (Å²) in [5.74, 6) is -1.15. The molecule has 0 aromatic rings. The largest absolute Gasteiger partial charge is 0.481 e. The average molecular weight is 299 g/mol. The molecule has 0 spiro atoms. The van der Waals surface area contributed by atoms with E-state index in [-0.39, 0.29) is 18.5 Å². The lowest BCUT2D eigenvalue weighted by atomic mass is 9.80. The predicted molar refractivity (Wildman–Crippen MR) is 77.6 cm³/mol. The molecule has 0 atom stereocenters. The molecule has 7 nitrogen and oxygen atoms in total. The van der Waals surface area contributed by atoms with Gasteiger partial charge in [0, 0.05) is 19.6 Å². The Kier molecular flexibility index (Phi) is 5.57. The minimum absolute atomic E-state index is 0.107. The van der Waals surface area contributed by atoms with Crippen LogP contribution in [0.3, 0.4) is 0 Å². The van der Waals surface area contributed by atoms with Crippen LogP contribution < -0.4 is 5.73 Å². The van der Waals surface area contributed by atoms with Crippen LogP contribution in [-0.4, -0.2) is 59.0 Å². The van der Waals surface area contributed by atoms with Gasteiger partial charge in [-0.15, -0.1) is 0 Å². The van der Waals surface area contributed by atoms with Gasteiger partial charge in [-0.3, -0.25) is 9.59 Å². The molecule has 1 fully saturated rings. The quantitative estimate of drug-likeness (QED) is 0.781. The minimum atomic E-state index is -0.828. The molecule has 0 unspecified atom stereocenters. The van der Waals surface area contributed by atoms with E-state index < -0.39 is 17.3 Å². The van der Waals surface area contributed by atoms with E-state index in [1.807, 2.05) is 13.8 Å². The van der Waals surface area contributed by atoms with Crippen LogP contribution in [0.15, 0.2) is 0 Å². The number of nitrogens with zero attached hydrogens (tertiary/aromatic N) is 2. The van der Waals surface area contributed by atoms with E-state index in [4.69, 9.17) is 5.73 Å². The maximum Gasteiger partial charge on any atom is 0.320 e. The van der Waals surface area contributed by atoms with Crippen molar-refractivity contribution in [2.45, 2.75) is 33.6 Å². The number of amides is 3. The molecule has 0 radical (unpaired) electrons. The van der Waals surface area contributed by atoms with Gasteiger partial charge < -0.3 is 20.6 Å². The Morgan fingerprint density at radius 2 is 1.81 bits per heavy atom. The van der Waals surface area contributed by atoms with Gasteiger partial charge in [-0.1, -0.05) is 13.8 Å². The lowest BCUT2D eigenvalue weighted by Gasteiger charge is -2.39. The van der Waals surface area contributed by atoms with Gasteiger partial charge in [0.15, 0.2) is 0 Å². The monoisotopic (exact) mass is 299 g/mol. The molecule has 21 heavy (non-hydrogen) atoms. The number of carbonyl (C=O) groups is 3. The van der Waals surface area contributed by atoms with Gasteiger partial charge in [0.25, 0.3) is 0 Å². The first-order valence-electron chi connectivity index (χ1n) is 7.21. The molecule has 7 heteroatoms. The van der Waals surface area contributed by atoms with Crippen molar-refractivity contribution in [2.75, 3.05) is 26.2 Å². The predicted octanol–water partition coefficient (Wildman–Crippen LogP) is 0.736. The average Bonchev–Trinajstić information content (AvgIpc) is 2.36. The summed E-state index contributed by atoms with van der Waals surface area (Å²) in [5.41, 5.74) is 4.42. The van der Waals surface area contributed by atoms with Gasteiger partial charge in [-0.25, -0.2) is 4.79 Å².